The summed E-state index contributed by atoms with van der Waals surface area (Å²) in [6.07, 6.45) is 2.53. The van der Waals surface area contributed by atoms with Crippen molar-refractivity contribution in [3.8, 4) is 0 Å². The van der Waals surface area contributed by atoms with Crippen LogP contribution in [-0.4, -0.2) is 0 Å². The van der Waals surface area contributed by atoms with Crippen molar-refractivity contribution in [2.24, 2.45) is 0 Å². The standard InChI is InChI=1S/C13H11/c1-2-6-11-8-5-9-12-7-3-4-10-13(11)12/h1-5,7-10H,6H2. The molecule has 0 nitrogen and oxygen atoms in total. The zero-order valence-corrected chi connectivity index (χ0v) is 7.40. The van der Waals surface area contributed by atoms with Crippen LogP contribution in [0.2, 0.25) is 0 Å². The van der Waals surface area contributed by atoms with Gasteiger partial charge in [-0.15, -0.1) is 0 Å². The third-order valence-corrected chi connectivity index (χ3v) is 2.22. The predicted octanol–water partition coefficient (Wildman–Crippen LogP) is 3.37. The van der Waals surface area contributed by atoms with E-state index in [1.807, 2.05) is 0 Å². The van der Waals surface area contributed by atoms with E-state index >= 15 is 0 Å². The average Bonchev–Trinajstić information content (AvgIpc) is 2.19. The molecule has 13 heavy (non-hydrogen) atoms. The Morgan fingerprint density at radius 1 is 1.00 bits per heavy atom. The van der Waals surface area contributed by atoms with Crippen LogP contribution in [0.15, 0.2) is 48.5 Å². The first-order valence-electron chi connectivity index (χ1n) is 4.42. The van der Waals surface area contributed by atoms with Crippen molar-refractivity contribution in [3.05, 3.63) is 60.7 Å². The third-order valence-electron chi connectivity index (χ3n) is 2.22. The molecule has 0 aliphatic rings. The second-order valence-electron chi connectivity index (χ2n) is 3.08. The Hall–Kier alpha value is -1.56. The summed E-state index contributed by atoms with van der Waals surface area (Å²) in [5.74, 6) is 0. The fourth-order valence-electron chi connectivity index (χ4n) is 1.60. The van der Waals surface area contributed by atoms with E-state index < -0.39 is 0 Å². The molecule has 0 heteroatoms. The van der Waals surface area contributed by atoms with Crippen LogP contribution in [0.1, 0.15) is 5.56 Å². The maximum absolute atomic E-state index is 5.43. The first kappa shape index (κ1) is 8.06. The SMILES string of the molecule is [CH]=CCc1cccc2ccccc12. The minimum absolute atomic E-state index is 0.835. The van der Waals surface area contributed by atoms with Crippen molar-refractivity contribution >= 4 is 10.8 Å². The van der Waals surface area contributed by atoms with Crippen LogP contribution in [0.25, 0.3) is 10.8 Å². The van der Waals surface area contributed by atoms with Gasteiger partial charge in [0.25, 0.3) is 0 Å². The van der Waals surface area contributed by atoms with E-state index in [0.29, 0.717) is 0 Å². The molecule has 0 atom stereocenters. The van der Waals surface area contributed by atoms with Crippen LogP contribution in [-0.2, 0) is 6.42 Å². The summed E-state index contributed by atoms with van der Waals surface area (Å²) < 4.78 is 0. The maximum atomic E-state index is 5.43. The van der Waals surface area contributed by atoms with E-state index in [1.54, 1.807) is 6.08 Å². The summed E-state index contributed by atoms with van der Waals surface area (Å²) in [6.45, 7) is 5.43. The Labute approximate surface area is 78.5 Å². The molecule has 2 rings (SSSR count). The molecule has 0 aliphatic heterocycles. The number of rotatable bonds is 2. The van der Waals surface area contributed by atoms with Crippen molar-refractivity contribution in [2.45, 2.75) is 6.42 Å². The highest BCUT2D eigenvalue weighted by molar-refractivity contribution is 5.85. The molecule has 0 aliphatic carbocycles. The number of fused-ring (bicyclic) bond motifs is 1. The molecule has 0 unspecified atom stereocenters. The van der Waals surface area contributed by atoms with E-state index in [2.05, 4.69) is 42.5 Å². The van der Waals surface area contributed by atoms with Crippen molar-refractivity contribution < 1.29 is 0 Å². The van der Waals surface area contributed by atoms with Crippen LogP contribution in [0, 0.1) is 6.58 Å². The van der Waals surface area contributed by atoms with E-state index in [-0.39, 0.29) is 0 Å². The van der Waals surface area contributed by atoms with Gasteiger partial charge in [0, 0.05) is 0 Å². The van der Waals surface area contributed by atoms with Crippen molar-refractivity contribution in [3.63, 3.8) is 0 Å². The minimum Gasteiger partial charge on any atom is -0.0801 e. The highest BCUT2D eigenvalue weighted by Gasteiger charge is 1.96. The van der Waals surface area contributed by atoms with Crippen molar-refractivity contribution in [1.82, 2.24) is 0 Å². The Bertz CT molecular complexity index is 421. The van der Waals surface area contributed by atoms with E-state index in [1.165, 1.54) is 16.3 Å². The molecule has 0 fully saturated rings. The predicted molar refractivity (Wildman–Crippen MR) is 56.5 cm³/mol. The fraction of sp³-hybridized carbons (Fsp3) is 0.0769. The van der Waals surface area contributed by atoms with Crippen molar-refractivity contribution in [2.75, 3.05) is 0 Å². The molecule has 0 spiro atoms. The highest BCUT2D eigenvalue weighted by Crippen LogP contribution is 2.18. The van der Waals surface area contributed by atoms with Gasteiger partial charge in [-0.05, 0) is 22.8 Å². The number of allylic oxidation sites excluding steroid dienone is 1. The minimum atomic E-state index is 0.835. The molecule has 2 aromatic carbocycles. The van der Waals surface area contributed by atoms with Crippen LogP contribution >= 0.6 is 0 Å². The first-order valence-corrected chi connectivity index (χ1v) is 4.42. The zero-order valence-electron chi connectivity index (χ0n) is 7.40. The average molecular weight is 167 g/mol. The number of hydrogen-bond donors (Lipinski definition) is 0. The summed E-state index contributed by atoms with van der Waals surface area (Å²) in [7, 11) is 0. The first-order chi connectivity index (χ1) is 6.42. The van der Waals surface area contributed by atoms with Gasteiger partial charge in [-0.3, -0.25) is 0 Å². The van der Waals surface area contributed by atoms with E-state index in [0.717, 1.165) is 6.42 Å². The molecular weight excluding hydrogens is 156 g/mol. The lowest BCUT2D eigenvalue weighted by atomic mass is 10.0. The summed E-state index contributed by atoms with van der Waals surface area (Å²) in [6, 6.07) is 14.7. The molecule has 63 valence electrons. The van der Waals surface area contributed by atoms with Gasteiger partial charge in [0.15, 0.2) is 0 Å². The van der Waals surface area contributed by atoms with Gasteiger partial charge in [0.2, 0.25) is 0 Å². The normalized spacial score (nSPS) is 10.2. The van der Waals surface area contributed by atoms with E-state index in [9.17, 15) is 0 Å². The lowest BCUT2D eigenvalue weighted by molar-refractivity contribution is 1.31. The monoisotopic (exact) mass is 167 g/mol. The summed E-state index contributed by atoms with van der Waals surface area (Å²) in [5, 5.41) is 2.58. The molecule has 0 saturated carbocycles. The molecule has 0 aromatic heterocycles. The molecular formula is C13H11. The largest absolute Gasteiger partial charge is 0.0801 e. The fourth-order valence-corrected chi connectivity index (χ4v) is 1.60. The van der Waals surface area contributed by atoms with Gasteiger partial charge in [0.1, 0.15) is 0 Å². The van der Waals surface area contributed by atoms with Gasteiger partial charge in [0.05, 0.1) is 0 Å². The smallest absolute Gasteiger partial charge is 0.00882 e. The molecule has 0 bridgehead atoms. The van der Waals surface area contributed by atoms with Crippen LogP contribution in [0.3, 0.4) is 0 Å². The Kier molecular flexibility index (Phi) is 2.13. The maximum Gasteiger partial charge on any atom is -0.00882 e. The van der Waals surface area contributed by atoms with Crippen molar-refractivity contribution in [1.29, 1.82) is 0 Å². The molecule has 1 radical (unpaired) electrons. The second kappa shape index (κ2) is 3.44. The second-order valence-corrected chi connectivity index (χ2v) is 3.08. The number of benzene rings is 2. The summed E-state index contributed by atoms with van der Waals surface area (Å²) in [4.78, 5) is 0. The van der Waals surface area contributed by atoms with Crippen LogP contribution < -0.4 is 0 Å². The highest BCUT2D eigenvalue weighted by atomic mass is 14.0. The Morgan fingerprint density at radius 3 is 2.62 bits per heavy atom. The van der Waals surface area contributed by atoms with Gasteiger partial charge in [-0.1, -0.05) is 55.1 Å². The van der Waals surface area contributed by atoms with E-state index in [4.69, 9.17) is 6.58 Å². The lowest BCUT2D eigenvalue weighted by Gasteiger charge is -2.02. The molecule has 0 heterocycles. The van der Waals surface area contributed by atoms with Gasteiger partial charge in [-0.25, -0.2) is 0 Å². The van der Waals surface area contributed by atoms with Crippen LogP contribution in [0.5, 0.6) is 0 Å². The summed E-state index contributed by atoms with van der Waals surface area (Å²) in [5.41, 5.74) is 1.29. The van der Waals surface area contributed by atoms with Gasteiger partial charge < -0.3 is 0 Å². The lowest BCUT2D eigenvalue weighted by Crippen LogP contribution is -1.82. The number of hydrogen-bond acceptors (Lipinski definition) is 0. The zero-order chi connectivity index (χ0) is 9.10. The topological polar surface area (TPSA) is 0 Å². The molecule has 0 amide bonds. The molecule has 0 saturated heterocycles. The van der Waals surface area contributed by atoms with Crippen LogP contribution in [0.4, 0.5) is 0 Å². The quantitative estimate of drug-likeness (QED) is 0.643. The Balaban J connectivity index is 2.68. The Morgan fingerprint density at radius 2 is 1.77 bits per heavy atom. The molecule has 2 aromatic rings. The summed E-state index contributed by atoms with van der Waals surface area (Å²) >= 11 is 0. The van der Waals surface area contributed by atoms with Gasteiger partial charge >= 0.3 is 0 Å². The van der Waals surface area contributed by atoms with Gasteiger partial charge in [-0.2, -0.15) is 0 Å². The molecule has 0 N–H and O–H groups in total. The third kappa shape index (κ3) is 1.48.